The van der Waals surface area contributed by atoms with Crippen molar-refractivity contribution in [2.75, 3.05) is 13.1 Å². The molecule has 0 bridgehead atoms. The van der Waals surface area contributed by atoms with Crippen LogP contribution < -0.4 is 0 Å². The van der Waals surface area contributed by atoms with E-state index in [2.05, 4.69) is 24.3 Å². The van der Waals surface area contributed by atoms with E-state index < -0.39 is 34.9 Å². The van der Waals surface area contributed by atoms with Gasteiger partial charge in [-0.2, -0.15) is 0 Å². The Hall–Kier alpha value is -3.68. The van der Waals surface area contributed by atoms with Gasteiger partial charge in [0.15, 0.2) is 0 Å². The summed E-state index contributed by atoms with van der Waals surface area (Å²) in [6.07, 6.45) is 4.99. The zero-order chi connectivity index (χ0) is 28.1. The largest absolute Gasteiger partial charge is 0.481 e. The van der Waals surface area contributed by atoms with Crippen molar-refractivity contribution in [2.24, 2.45) is 23.7 Å². The predicted octanol–water partition coefficient (Wildman–Crippen LogP) is 3.64. The van der Waals surface area contributed by atoms with Crippen molar-refractivity contribution >= 4 is 23.8 Å². The first kappa shape index (κ1) is 26.5. The minimum atomic E-state index is -1.02. The maximum atomic E-state index is 13.3. The molecule has 0 aromatic heterocycles. The van der Waals surface area contributed by atoms with Crippen LogP contribution in [0.4, 0.5) is 0 Å². The number of nitrogens with zero attached hydrogens (tertiary/aromatic N) is 2. The molecule has 2 amide bonds. The molecule has 6 atom stereocenters. The van der Waals surface area contributed by atoms with Crippen LogP contribution >= 0.6 is 0 Å². The third kappa shape index (κ3) is 4.38. The summed E-state index contributed by atoms with van der Waals surface area (Å²) in [5.74, 6) is -3.32. The van der Waals surface area contributed by atoms with Crippen LogP contribution in [0.15, 0.2) is 60.7 Å². The lowest BCUT2D eigenvalue weighted by molar-refractivity contribution is -0.146. The van der Waals surface area contributed by atoms with E-state index in [-0.39, 0.29) is 36.7 Å². The molecular formula is C32H36N2O6. The number of aliphatic carboxylic acids is 2. The van der Waals surface area contributed by atoms with Crippen LogP contribution in [0, 0.1) is 23.7 Å². The Bertz CT molecular complexity index is 1210. The van der Waals surface area contributed by atoms with Crippen LogP contribution in [0.3, 0.4) is 0 Å². The minimum Gasteiger partial charge on any atom is -0.481 e. The second-order valence-corrected chi connectivity index (χ2v) is 12.2. The molecule has 6 unspecified atom stereocenters. The molecule has 2 aliphatic carbocycles. The Morgan fingerprint density at radius 2 is 1.02 bits per heavy atom. The van der Waals surface area contributed by atoms with E-state index in [9.17, 15) is 29.4 Å². The predicted molar refractivity (Wildman–Crippen MR) is 146 cm³/mol. The highest BCUT2D eigenvalue weighted by Gasteiger charge is 2.73. The second kappa shape index (κ2) is 10.1. The van der Waals surface area contributed by atoms with Gasteiger partial charge in [0.2, 0.25) is 11.8 Å². The number of benzene rings is 2. The second-order valence-electron chi connectivity index (χ2n) is 12.2. The number of carbonyl (C=O) groups excluding carboxylic acids is 2. The lowest BCUT2D eigenvalue weighted by Gasteiger charge is -2.34. The van der Waals surface area contributed by atoms with Gasteiger partial charge < -0.3 is 20.0 Å². The molecule has 2 heterocycles. The van der Waals surface area contributed by atoms with E-state index in [0.717, 1.165) is 25.7 Å². The quantitative estimate of drug-likeness (QED) is 0.466. The summed E-state index contributed by atoms with van der Waals surface area (Å²) < 4.78 is 0. The van der Waals surface area contributed by atoms with E-state index >= 15 is 0 Å². The number of carboxylic acids is 2. The Balaban J connectivity index is 1.15. The molecule has 40 heavy (non-hydrogen) atoms. The van der Waals surface area contributed by atoms with Crippen molar-refractivity contribution in [1.82, 2.24) is 9.80 Å². The van der Waals surface area contributed by atoms with Gasteiger partial charge in [-0.3, -0.25) is 19.2 Å². The fourth-order valence-electron chi connectivity index (χ4n) is 8.07. The van der Waals surface area contributed by atoms with Crippen molar-refractivity contribution in [3.63, 3.8) is 0 Å². The molecule has 2 N–H and O–H groups in total. The summed E-state index contributed by atoms with van der Waals surface area (Å²) in [5, 5.41) is 20.0. The number of hydrogen-bond donors (Lipinski definition) is 2. The molecule has 2 aromatic rings. The average molecular weight is 545 g/mol. The normalized spacial score (nSPS) is 32.9. The molecule has 2 aliphatic heterocycles. The number of rotatable bonds is 9. The van der Waals surface area contributed by atoms with E-state index in [1.165, 1.54) is 11.1 Å². The Kier molecular flexibility index (Phi) is 6.67. The maximum Gasteiger partial charge on any atom is 0.309 e. The topological polar surface area (TPSA) is 115 Å². The first-order chi connectivity index (χ1) is 19.3. The molecule has 4 aliphatic rings. The number of carboxylic acid groups (broad SMARTS) is 2. The van der Waals surface area contributed by atoms with Crippen LogP contribution in [0.25, 0.3) is 0 Å². The van der Waals surface area contributed by atoms with Gasteiger partial charge in [-0.05, 0) is 74.3 Å². The highest BCUT2D eigenvalue weighted by molar-refractivity contribution is 6.07. The highest BCUT2D eigenvalue weighted by Crippen LogP contribution is 2.55. The summed E-state index contributed by atoms with van der Waals surface area (Å²) in [7, 11) is 0. The van der Waals surface area contributed by atoms with Crippen molar-refractivity contribution in [3.05, 3.63) is 71.8 Å². The minimum absolute atomic E-state index is 0.151. The molecule has 8 heteroatoms. The van der Waals surface area contributed by atoms with E-state index in [4.69, 9.17) is 0 Å². The Morgan fingerprint density at radius 1 is 0.650 bits per heavy atom. The van der Waals surface area contributed by atoms with E-state index in [0.29, 0.717) is 25.7 Å². The van der Waals surface area contributed by atoms with Crippen LogP contribution in [0.1, 0.15) is 49.7 Å². The summed E-state index contributed by atoms with van der Waals surface area (Å²) in [6, 6.07) is 20.1. The monoisotopic (exact) mass is 544 g/mol. The van der Waals surface area contributed by atoms with Gasteiger partial charge in [0, 0.05) is 13.1 Å². The van der Waals surface area contributed by atoms with Crippen molar-refractivity contribution in [1.29, 1.82) is 0 Å². The molecule has 210 valence electrons. The molecule has 0 radical (unpaired) electrons. The van der Waals surface area contributed by atoms with Gasteiger partial charge in [-0.15, -0.1) is 0 Å². The van der Waals surface area contributed by atoms with E-state index in [1.54, 1.807) is 9.80 Å². The maximum absolute atomic E-state index is 13.3. The lowest BCUT2D eigenvalue weighted by atomic mass is 9.71. The third-order valence-electron chi connectivity index (χ3n) is 10.1. The summed E-state index contributed by atoms with van der Waals surface area (Å²) >= 11 is 0. The van der Waals surface area contributed by atoms with Gasteiger partial charge >= 0.3 is 11.9 Å². The van der Waals surface area contributed by atoms with Crippen molar-refractivity contribution in [2.45, 2.75) is 62.4 Å². The van der Waals surface area contributed by atoms with Crippen LogP contribution in [0.2, 0.25) is 0 Å². The molecule has 2 saturated carbocycles. The standard InChI is InChI=1S/C32H36N2O6/c35-27(36)25-13-11-23(17-21-7-3-1-4-8-21)19-31(25)29(39)33(31)15-16-34-30(40)32(34)20-24(12-14-26(32)28(37)38)18-22-9-5-2-6-10-22/h1-10,23-26H,11-20H2,(H,35,36)(H,37,38). The van der Waals surface area contributed by atoms with Gasteiger partial charge in [0.25, 0.3) is 0 Å². The first-order valence-electron chi connectivity index (χ1n) is 14.4. The first-order valence-corrected chi connectivity index (χ1v) is 14.4. The van der Waals surface area contributed by atoms with Gasteiger partial charge in [-0.1, -0.05) is 60.7 Å². The highest BCUT2D eigenvalue weighted by atomic mass is 16.4. The zero-order valence-corrected chi connectivity index (χ0v) is 22.6. The summed E-state index contributed by atoms with van der Waals surface area (Å²) in [4.78, 5) is 54.3. The van der Waals surface area contributed by atoms with Gasteiger partial charge in [0.05, 0.1) is 11.8 Å². The van der Waals surface area contributed by atoms with Gasteiger partial charge in [0.1, 0.15) is 11.1 Å². The molecule has 2 spiro atoms. The number of hydrogen-bond acceptors (Lipinski definition) is 4. The fourth-order valence-corrected chi connectivity index (χ4v) is 8.07. The number of amides is 2. The van der Waals surface area contributed by atoms with Crippen LogP contribution in [-0.4, -0.2) is 67.9 Å². The summed E-state index contributed by atoms with van der Waals surface area (Å²) in [5.41, 5.74) is 0.305. The van der Waals surface area contributed by atoms with Gasteiger partial charge in [-0.25, -0.2) is 0 Å². The fraction of sp³-hybridized carbons (Fsp3) is 0.500. The Morgan fingerprint density at radius 3 is 1.38 bits per heavy atom. The van der Waals surface area contributed by atoms with E-state index in [1.807, 2.05) is 36.4 Å². The molecule has 6 rings (SSSR count). The smallest absolute Gasteiger partial charge is 0.309 e. The molecule has 2 saturated heterocycles. The van der Waals surface area contributed by atoms with Crippen LogP contribution in [-0.2, 0) is 32.0 Å². The zero-order valence-electron chi connectivity index (χ0n) is 22.6. The Labute approximate surface area is 234 Å². The van der Waals surface area contributed by atoms with Crippen LogP contribution in [0.5, 0.6) is 0 Å². The SMILES string of the molecule is O=C(O)C1CCC(Cc2ccccc2)CC12C(=O)N2CCN1C(=O)C12CC(Cc1ccccc1)CCC2C(=O)O. The number of carbonyl (C=O) groups is 4. The lowest BCUT2D eigenvalue weighted by Crippen LogP contribution is -2.44. The molecular weight excluding hydrogens is 508 g/mol. The molecule has 8 nitrogen and oxygen atoms in total. The molecule has 4 fully saturated rings. The molecule has 2 aromatic carbocycles. The third-order valence-corrected chi connectivity index (χ3v) is 10.1. The van der Waals surface area contributed by atoms with Crippen molar-refractivity contribution < 1.29 is 29.4 Å². The summed E-state index contributed by atoms with van der Waals surface area (Å²) in [6.45, 7) is 0.480. The van der Waals surface area contributed by atoms with Crippen molar-refractivity contribution in [3.8, 4) is 0 Å². The average Bonchev–Trinajstić information content (AvgIpc) is 3.70.